The summed E-state index contributed by atoms with van der Waals surface area (Å²) in [5.41, 5.74) is 4.26. The molecule has 1 aliphatic carbocycles. The molecular weight excluding hydrogens is 348 g/mol. The average Bonchev–Trinajstić information content (AvgIpc) is 2.94. The van der Waals surface area contributed by atoms with Crippen LogP contribution in [0.5, 0.6) is 0 Å². The Labute approximate surface area is 136 Å². The van der Waals surface area contributed by atoms with Gasteiger partial charge in [-0.3, -0.25) is 4.79 Å². The maximum Gasteiger partial charge on any atom is 0.188 e. The van der Waals surface area contributed by atoms with Crippen LogP contribution >= 0.6 is 27.7 Å². The van der Waals surface area contributed by atoms with Crippen molar-refractivity contribution in [1.29, 1.82) is 0 Å². The molecule has 0 fully saturated rings. The zero-order valence-electron chi connectivity index (χ0n) is 11.7. The number of carbonyl (C=O) groups is 1. The Bertz CT molecular complexity index is 685. The molecule has 1 aliphatic rings. The van der Waals surface area contributed by atoms with E-state index in [9.17, 15) is 4.79 Å². The zero-order valence-corrected chi connectivity index (χ0v) is 14.1. The van der Waals surface area contributed by atoms with Crippen molar-refractivity contribution in [3.63, 3.8) is 0 Å². The lowest BCUT2D eigenvalue weighted by molar-refractivity contribution is 0.102. The van der Waals surface area contributed by atoms with Gasteiger partial charge in [0, 0.05) is 21.4 Å². The fraction of sp³-hybridized carbons (Fsp3) is 0.312. The maximum absolute atomic E-state index is 12.2. The molecule has 1 aromatic carbocycles. The van der Waals surface area contributed by atoms with E-state index in [1.807, 2.05) is 31.2 Å². The highest BCUT2D eigenvalue weighted by molar-refractivity contribution is 9.10. The smallest absolute Gasteiger partial charge is 0.188 e. The lowest BCUT2D eigenvalue weighted by atomic mass is 10.2. The Morgan fingerprint density at radius 3 is 2.76 bits per heavy atom. The van der Waals surface area contributed by atoms with Gasteiger partial charge < -0.3 is 0 Å². The third-order valence-electron chi connectivity index (χ3n) is 3.62. The van der Waals surface area contributed by atoms with Crippen molar-refractivity contribution in [2.75, 3.05) is 5.75 Å². The van der Waals surface area contributed by atoms with E-state index >= 15 is 0 Å². The molecule has 0 unspecified atom stereocenters. The lowest BCUT2D eigenvalue weighted by Gasteiger charge is -2.06. The standard InChI is InChI=1S/C16H15BrN2OS/c1-10-13-3-2-4-14(13)19-16(18-10)21-9-15(20)11-5-7-12(17)8-6-11/h5-8H,2-4,9H2,1H3. The van der Waals surface area contributed by atoms with Gasteiger partial charge in [-0.1, -0.05) is 39.8 Å². The van der Waals surface area contributed by atoms with Crippen LogP contribution in [0.4, 0.5) is 0 Å². The molecule has 1 heterocycles. The summed E-state index contributed by atoms with van der Waals surface area (Å²) in [6.07, 6.45) is 3.29. The molecule has 21 heavy (non-hydrogen) atoms. The van der Waals surface area contributed by atoms with Crippen LogP contribution in [-0.4, -0.2) is 21.5 Å². The van der Waals surface area contributed by atoms with Crippen LogP contribution in [0.15, 0.2) is 33.9 Å². The quantitative estimate of drug-likeness (QED) is 0.468. The van der Waals surface area contributed by atoms with Gasteiger partial charge in [-0.2, -0.15) is 0 Å². The Morgan fingerprint density at radius 1 is 1.24 bits per heavy atom. The van der Waals surface area contributed by atoms with Crippen molar-refractivity contribution in [1.82, 2.24) is 9.97 Å². The average molecular weight is 363 g/mol. The zero-order chi connectivity index (χ0) is 14.8. The summed E-state index contributed by atoms with van der Waals surface area (Å²) in [4.78, 5) is 21.3. The summed E-state index contributed by atoms with van der Waals surface area (Å²) >= 11 is 4.79. The van der Waals surface area contributed by atoms with Crippen molar-refractivity contribution in [3.05, 3.63) is 51.3 Å². The molecule has 0 bridgehead atoms. The molecule has 0 atom stereocenters. The minimum atomic E-state index is 0.106. The highest BCUT2D eigenvalue weighted by Crippen LogP contribution is 2.25. The van der Waals surface area contributed by atoms with Gasteiger partial charge in [-0.25, -0.2) is 9.97 Å². The minimum Gasteiger partial charge on any atom is -0.293 e. The van der Waals surface area contributed by atoms with Crippen LogP contribution in [-0.2, 0) is 12.8 Å². The summed E-state index contributed by atoms with van der Waals surface area (Å²) in [5, 5.41) is 0.721. The van der Waals surface area contributed by atoms with Crippen LogP contribution in [0, 0.1) is 6.92 Å². The van der Waals surface area contributed by atoms with E-state index in [4.69, 9.17) is 0 Å². The fourth-order valence-corrected chi connectivity index (χ4v) is 3.57. The van der Waals surface area contributed by atoms with Gasteiger partial charge in [0.05, 0.1) is 5.75 Å². The highest BCUT2D eigenvalue weighted by Gasteiger charge is 2.17. The fourth-order valence-electron chi connectivity index (χ4n) is 2.51. The molecular formula is C16H15BrN2OS. The predicted molar refractivity (Wildman–Crippen MR) is 88.0 cm³/mol. The second kappa shape index (κ2) is 6.28. The van der Waals surface area contributed by atoms with Gasteiger partial charge in [0.1, 0.15) is 0 Å². The SMILES string of the molecule is Cc1nc(SCC(=O)c2ccc(Br)cc2)nc2c1CCC2. The summed E-state index contributed by atoms with van der Waals surface area (Å²) in [7, 11) is 0. The number of carbonyl (C=O) groups excluding carboxylic acids is 1. The van der Waals surface area contributed by atoms with Gasteiger partial charge >= 0.3 is 0 Å². The van der Waals surface area contributed by atoms with Crippen molar-refractivity contribution < 1.29 is 4.79 Å². The first kappa shape index (κ1) is 14.7. The van der Waals surface area contributed by atoms with Crippen LogP contribution in [0.2, 0.25) is 0 Å². The van der Waals surface area contributed by atoms with Crippen molar-refractivity contribution in [2.45, 2.75) is 31.3 Å². The molecule has 3 nitrogen and oxygen atoms in total. The minimum absolute atomic E-state index is 0.106. The molecule has 0 saturated carbocycles. The summed E-state index contributed by atoms with van der Waals surface area (Å²) in [6.45, 7) is 2.03. The second-order valence-corrected chi connectivity index (χ2v) is 6.95. The van der Waals surface area contributed by atoms with Gasteiger partial charge in [0.25, 0.3) is 0 Å². The number of fused-ring (bicyclic) bond motifs is 1. The van der Waals surface area contributed by atoms with Gasteiger partial charge in [0.15, 0.2) is 10.9 Å². The third kappa shape index (κ3) is 3.35. The molecule has 2 aromatic rings. The number of rotatable bonds is 4. The van der Waals surface area contributed by atoms with E-state index in [-0.39, 0.29) is 5.78 Å². The van der Waals surface area contributed by atoms with Crippen molar-refractivity contribution in [2.24, 2.45) is 0 Å². The maximum atomic E-state index is 12.2. The van der Waals surface area contributed by atoms with Gasteiger partial charge in [-0.05, 0) is 43.9 Å². The second-order valence-electron chi connectivity index (χ2n) is 5.09. The summed E-state index contributed by atoms with van der Waals surface area (Å²) in [5.74, 6) is 0.481. The number of hydrogen-bond acceptors (Lipinski definition) is 4. The number of Topliss-reactive ketones (excluding diaryl/α,β-unsaturated/α-hetero) is 1. The van der Waals surface area contributed by atoms with E-state index in [0.717, 1.165) is 40.1 Å². The molecule has 0 spiro atoms. The topological polar surface area (TPSA) is 42.9 Å². The first-order valence-electron chi connectivity index (χ1n) is 6.91. The van der Waals surface area contributed by atoms with E-state index < -0.39 is 0 Å². The van der Waals surface area contributed by atoms with Crippen molar-refractivity contribution in [3.8, 4) is 0 Å². The number of benzene rings is 1. The number of aryl methyl sites for hydroxylation is 2. The van der Waals surface area contributed by atoms with Crippen LogP contribution in [0.1, 0.15) is 33.7 Å². The Morgan fingerprint density at radius 2 is 2.00 bits per heavy atom. The first-order chi connectivity index (χ1) is 10.1. The van der Waals surface area contributed by atoms with Gasteiger partial charge in [0.2, 0.25) is 0 Å². The number of halogens is 1. The Balaban J connectivity index is 1.69. The molecule has 1 aromatic heterocycles. The molecule has 0 saturated heterocycles. The third-order valence-corrected chi connectivity index (χ3v) is 4.99. The van der Waals surface area contributed by atoms with E-state index in [0.29, 0.717) is 5.75 Å². The van der Waals surface area contributed by atoms with Gasteiger partial charge in [-0.15, -0.1) is 0 Å². The largest absolute Gasteiger partial charge is 0.293 e. The Kier molecular flexibility index (Phi) is 4.40. The van der Waals surface area contributed by atoms with Crippen LogP contribution < -0.4 is 0 Å². The number of hydrogen-bond donors (Lipinski definition) is 0. The lowest BCUT2D eigenvalue weighted by Crippen LogP contribution is -2.04. The first-order valence-corrected chi connectivity index (χ1v) is 8.69. The number of ketones is 1. The summed E-state index contributed by atoms with van der Waals surface area (Å²) < 4.78 is 0.976. The van der Waals surface area contributed by atoms with E-state index in [2.05, 4.69) is 25.9 Å². The molecule has 5 heteroatoms. The molecule has 108 valence electrons. The highest BCUT2D eigenvalue weighted by atomic mass is 79.9. The molecule has 3 rings (SSSR count). The van der Waals surface area contributed by atoms with Crippen LogP contribution in [0.3, 0.4) is 0 Å². The van der Waals surface area contributed by atoms with Crippen LogP contribution in [0.25, 0.3) is 0 Å². The summed E-state index contributed by atoms with van der Waals surface area (Å²) in [6, 6.07) is 7.44. The molecule has 0 N–H and O–H groups in total. The molecule has 0 aliphatic heterocycles. The van der Waals surface area contributed by atoms with E-state index in [1.165, 1.54) is 23.0 Å². The van der Waals surface area contributed by atoms with E-state index in [1.54, 1.807) is 0 Å². The number of aromatic nitrogens is 2. The Hall–Kier alpha value is -1.20. The molecule has 0 radical (unpaired) electrons. The number of nitrogens with zero attached hydrogens (tertiary/aromatic N) is 2. The molecule has 0 amide bonds. The number of thioether (sulfide) groups is 1. The normalized spacial score (nSPS) is 13.2. The predicted octanol–water partition coefficient (Wildman–Crippen LogP) is 4.01. The monoisotopic (exact) mass is 362 g/mol. The van der Waals surface area contributed by atoms with Crippen molar-refractivity contribution >= 4 is 33.5 Å².